The minimum atomic E-state index is -0.175. The molecule has 1 aliphatic heterocycles. The van der Waals surface area contributed by atoms with Crippen LogP contribution in [0.2, 0.25) is 0 Å². The number of anilines is 1. The van der Waals surface area contributed by atoms with Crippen LogP contribution in [-0.2, 0) is 4.79 Å². The van der Waals surface area contributed by atoms with E-state index >= 15 is 0 Å². The summed E-state index contributed by atoms with van der Waals surface area (Å²) in [5.41, 5.74) is 1.11. The number of benzene rings is 1. The molecular weight excluding hydrogens is 320 g/mol. The first-order valence-electron chi connectivity index (χ1n) is 8.71. The van der Waals surface area contributed by atoms with Crippen LogP contribution in [0.1, 0.15) is 43.5 Å². The van der Waals surface area contributed by atoms with Crippen molar-refractivity contribution in [3.05, 3.63) is 29.8 Å². The van der Waals surface area contributed by atoms with Gasteiger partial charge in [-0.05, 0) is 37.5 Å². The maximum absolute atomic E-state index is 12.4. The summed E-state index contributed by atoms with van der Waals surface area (Å²) < 4.78 is 0. The van der Waals surface area contributed by atoms with Crippen LogP contribution < -0.4 is 16.0 Å². The van der Waals surface area contributed by atoms with Crippen molar-refractivity contribution in [1.29, 1.82) is 0 Å². The third-order valence-corrected chi connectivity index (χ3v) is 4.09. The Morgan fingerprint density at radius 1 is 1.20 bits per heavy atom. The number of amides is 4. The van der Waals surface area contributed by atoms with Gasteiger partial charge in [-0.1, -0.05) is 13.0 Å². The third-order valence-electron chi connectivity index (χ3n) is 4.09. The Morgan fingerprint density at radius 3 is 2.56 bits per heavy atom. The standard InChI is InChI=1S/C18H26N4O3/c1-3-9-19-18(25)22-10-7-15(8-11-22)21-17(24)14-5-4-6-16(12-14)20-13(2)23/h4-6,12,15H,3,7-11H2,1-2H3,(H,19,25)(H,20,23)(H,21,24). The molecule has 1 heterocycles. The van der Waals surface area contributed by atoms with Crippen LogP contribution in [0, 0.1) is 0 Å². The lowest BCUT2D eigenvalue weighted by Crippen LogP contribution is -2.49. The average molecular weight is 346 g/mol. The summed E-state index contributed by atoms with van der Waals surface area (Å²) in [6.45, 7) is 5.39. The molecule has 1 aliphatic rings. The van der Waals surface area contributed by atoms with Gasteiger partial charge in [-0.15, -0.1) is 0 Å². The summed E-state index contributed by atoms with van der Waals surface area (Å²) >= 11 is 0. The lowest BCUT2D eigenvalue weighted by atomic mass is 10.0. The second kappa shape index (κ2) is 9.05. The summed E-state index contributed by atoms with van der Waals surface area (Å²) in [4.78, 5) is 37.2. The fourth-order valence-corrected chi connectivity index (χ4v) is 2.78. The lowest BCUT2D eigenvalue weighted by Gasteiger charge is -2.32. The number of nitrogens with zero attached hydrogens (tertiary/aromatic N) is 1. The normalized spacial score (nSPS) is 14.7. The second-order valence-electron chi connectivity index (χ2n) is 6.23. The molecule has 0 unspecified atom stereocenters. The Morgan fingerprint density at radius 2 is 1.92 bits per heavy atom. The van der Waals surface area contributed by atoms with Gasteiger partial charge in [0.15, 0.2) is 0 Å². The highest BCUT2D eigenvalue weighted by molar-refractivity contribution is 5.96. The molecule has 0 atom stereocenters. The van der Waals surface area contributed by atoms with Gasteiger partial charge in [0.25, 0.3) is 5.91 Å². The largest absolute Gasteiger partial charge is 0.349 e. The molecule has 7 nitrogen and oxygen atoms in total. The molecule has 1 saturated heterocycles. The third kappa shape index (κ3) is 5.77. The number of hydrogen-bond acceptors (Lipinski definition) is 3. The van der Waals surface area contributed by atoms with Crippen LogP contribution in [-0.4, -0.2) is 48.4 Å². The minimum Gasteiger partial charge on any atom is -0.349 e. The Balaban J connectivity index is 1.84. The lowest BCUT2D eigenvalue weighted by molar-refractivity contribution is -0.114. The van der Waals surface area contributed by atoms with E-state index in [1.54, 1.807) is 29.2 Å². The van der Waals surface area contributed by atoms with E-state index in [4.69, 9.17) is 0 Å². The first kappa shape index (κ1) is 18.8. The van der Waals surface area contributed by atoms with Crippen LogP contribution >= 0.6 is 0 Å². The molecule has 0 aromatic heterocycles. The number of carbonyl (C=O) groups excluding carboxylic acids is 3. The highest BCUT2D eigenvalue weighted by Crippen LogP contribution is 2.14. The van der Waals surface area contributed by atoms with Gasteiger partial charge in [-0.3, -0.25) is 9.59 Å². The van der Waals surface area contributed by atoms with Crippen molar-refractivity contribution in [2.75, 3.05) is 25.0 Å². The molecular formula is C18H26N4O3. The molecule has 3 N–H and O–H groups in total. The molecule has 0 radical (unpaired) electrons. The number of rotatable bonds is 5. The molecule has 1 aromatic carbocycles. The van der Waals surface area contributed by atoms with Crippen LogP contribution in [0.3, 0.4) is 0 Å². The smallest absolute Gasteiger partial charge is 0.317 e. The topological polar surface area (TPSA) is 90.5 Å². The Labute approximate surface area is 148 Å². The van der Waals surface area contributed by atoms with Crippen molar-refractivity contribution in [2.24, 2.45) is 0 Å². The summed E-state index contributed by atoms with van der Waals surface area (Å²) in [6, 6.07) is 6.87. The maximum atomic E-state index is 12.4. The molecule has 25 heavy (non-hydrogen) atoms. The summed E-state index contributed by atoms with van der Waals surface area (Å²) in [5.74, 6) is -0.340. The van der Waals surface area contributed by atoms with Gasteiger partial charge in [-0.2, -0.15) is 0 Å². The van der Waals surface area contributed by atoms with Crippen molar-refractivity contribution in [1.82, 2.24) is 15.5 Å². The molecule has 136 valence electrons. The molecule has 1 fully saturated rings. The quantitative estimate of drug-likeness (QED) is 0.761. The first-order valence-corrected chi connectivity index (χ1v) is 8.71. The number of nitrogens with one attached hydrogen (secondary N) is 3. The van der Waals surface area contributed by atoms with E-state index in [9.17, 15) is 14.4 Å². The number of hydrogen-bond donors (Lipinski definition) is 3. The number of piperidine rings is 1. The summed E-state index contributed by atoms with van der Waals surface area (Å²) in [6.07, 6.45) is 2.38. The number of likely N-dealkylation sites (tertiary alicyclic amines) is 1. The van der Waals surface area contributed by atoms with E-state index < -0.39 is 0 Å². The Kier molecular flexibility index (Phi) is 6.80. The number of urea groups is 1. The van der Waals surface area contributed by atoms with Crippen molar-refractivity contribution in [2.45, 2.75) is 39.2 Å². The zero-order valence-corrected chi connectivity index (χ0v) is 14.8. The predicted octanol–water partition coefficient (Wildman–Crippen LogP) is 1.96. The van der Waals surface area contributed by atoms with Crippen molar-refractivity contribution in [3.63, 3.8) is 0 Å². The summed E-state index contributed by atoms with van der Waals surface area (Å²) in [5, 5.41) is 8.55. The fraction of sp³-hybridized carbons (Fsp3) is 0.500. The fourth-order valence-electron chi connectivity index (χ4n) is 2.78. The minimum absolute atomic E-state index is 0.0327. The highest BCUT2D eigenvalue weighted by Gasteiger charge is 2.23. The van der Waals surface area contributed by atoms with E-state index in [1.807, 2.05) is 6.92 Å². The molecule has 0 saturated carbocycles. The van der Waals surface area contributed by atoms with E-state index in [-0.39, 0.29) is 23.9 Å². The second-order valence-corrected chi connectivity index (χ2v) is 6.23. The van der Waals surface area contributed by atoms with E-state index in [1.165, 1.54) is 6.92 Å². The zero-order chi connectivity index (χ0) is 18.2. The summed E-state index contributed by atoms with van der Waals surface area (Å²) in [7, 11) is 0. The predicted molar refractivity (Wildman–Crippen MR) is 96.5 cm³/mol. The molecule has 1 aromatic rings. The van der Waals surface area contributed by atoms with Crippen LogP contribution in [0.15, 0.2) is 24.3 Å². The average Bonchev–Trinajstić information content (AvgIpc) is 2.60. The van der Waals surface area contributed by atoms with Crippen molar-refractivity contribution in [3.8, 4) is 0 Å². The van der Waals surface area contributed by atoms with Gasteiger partial charge >= 0.3 is 6.03 Å². The van der Waals surface area contributed by atoms with Gasteiger partial charge in [0.2, 0.25) is 5.91 Å². The van der Waals surface area contributed by atoms with Gasteiger partial charge in [-0.25, -0.2) is 4.79 Å². The van der Waals surface area contributed by atoms with Gasteiger partial charge < -0.3 is 20.9 Å². The Hall–Kier alpha value is -2.57. The molecule has 0 bridgehead atoms. The molecule has 0 spiro atoms. The van der Waals surface area contributed by atoms with Gasteiger partial charge in [0, 0.05) is 43.9 Å². The zero-order valence-electron chi connectivity index (χ0n) is 14.8. The molecule has 2 rings (SSSR count). The SMILES string of the molecule is CCCNC(=O)N1CCC(NC(=O)c2cccc(NC(C)=O)c2)CC1. The van der Waals surface area contributed by atoms with Crippen molar-refractivity contribution >= 4 is 23.5 Å². The highest BCUT2D eigenvalue weighted by atomic mass is 16.2. The molecule has 4 amide bonds. The maximum Gasteiger partial charge on any atom is 0.317 e. The van der Waals surface area contributed by atoms with Gasteiger partial charge in [0.1, 0.15) is 0 Å². The monoisotopic (exact) mass is 346 g/mol. The van der Waals surface area contributed by atoms with E-state index in [2.05, 4.69) is 16.0 Å². The van der Waals surface area contributed by atoms with Crippen molar-refractivity contribution < 1.29 is 14.4 Å². The van der Waals surface area contributed by atoms with E-state index in [0.29, 0.717) is 30.9 Å². The molecule has 7 heteroatoms. The molecule has 0 aliphatic carbocycles. The number of carbonyl (C=O) groups is 3. The van der Waals surface area contributed by atoms with E-state index in [0.717, 1.165) is 19.3 Å². The van der Waals surface area contributed by atoms with Gasteiger partial charge in [0.05, 0.1) is 0 Å². The first-order chi connectivity index (χ1) is 12.0. The van der Waals surface area contributed by atoms with Crippen LogP contribution in [0.5, 0.6) is 0 Å². The van der Waals surface area contributed by atoms with Crippen LogP contribution in [0.4, 0.5) is 10.5 Å². The van der Waals surface area contributed by atoms with Crippen LogP contribution in [0.25, 0.3) is 0 Å². The Bertz CT molecular complexity index is 625.